The molecule has 0 aliphatic heterocycles. The van der Waals surface area contributed by atoms with Gasteiger partial charge < -0.3 is 4.57 Å². The normalized spacial score (nSPS) is 11.1. The molecule has 0 saturated carbocycles. The Hall–Kier alpha value is -6.38. The zero-order valence-electron chi connectivity index (χ0n) is 25.1. The van der Waals surface area contributed by atoms with E-state index in [4.69, 9.17) is 21.5 Å². The summed E-state index contributed by atoms with van der Waals surface area (Å²) in [6, 6.07) is 49.3. The maximum Gasteiger partial charge on any atom is 0.198 e. The van der Waals surface area contributed by atoms with E-state index in [-0.39, 0.29) is 0 Å². The highest BCUT2D eigenvalue weighted by Crippen LogP contribution is 2.38. The predicted molar refractivity (Wildman–Crippen MR) is 187 cm³/mol. The molecule has 0 aliphatic carbocycles. The Morgan fingerprint density at radius 1 is 0.500 bits per heavy atom. The third-order valence-electron chi connectivity index (χ3n) is 8.43. The molecular formula is C41H27N5. The van der Waals surface area contributed by atoms with Gasteiger partial charge in [-0.15, -0.1) is 0 Å². The second-order valence-electron chi connectivity index (χ2n) is 11.3. The van der Waals surface area contributed by atoms with Crippen molar-refractivity contribution in [2.24, 2.45) is 0 Å². The van der Waals surface area contributed by atoms with E-state index in [9.17, 15) is 0 Å². The van der Waals surface area contributed by atoms with Gasteiger partial charge in [0.2, 0.25) is 0 Å². The first-order valence-corrected chi connectivity index (χ1v) is 15.2. The van der Waals surface area contributed by atoms with Crippen molar-refractivity contribution in [2.75, 3.05) is 0 Å². The number of aromatic nitrogens is 4. The molecule has 0 aliphatic rings. The van der Waals surface area contributed by atoms with Gasteiger partial charge in [0, 0.05) is 33.2 Å². The van der Waals surface area contributed by atoms with E-state index in [1.807, 2.05) is 78.9 Å². The number of hydrogen-bond acceptors (Lipinski definition) is 3. The molecule has 0 unspecified atom stereocenters. The first-order valence-electron chi connectivity index (χ1n) is 15.2. The number of nitrogens with zero attached hydrogens (tertiary/aromatic N) is 5. The van der Waals surface area contributed by atoms with Gasteiger partial charge in [-0.05, 0) is 53.9 Å². The summed E-state index contributed by atoms with van der Waals surface area (Å²) < 4.78 is 2.26. The van der Waals surface area contributed by atoms with Crippen LogP contribution >= 0.6 is 0 Å². The number of aryl methyl sites for hydroxylation is 1. The molecule has 0 spiro atoms. The lowest BCUT2D eigenvalue weighted by molar-refractivity contribution is 1.07. The quantitative estimate of drug-likeness (QED) is 0.188. The van der Waals surface area contributed by atoms with Crippen LogP contribution in [0.4, 0.5) is 5.69 Å². The first-order chi connectivity index (χ1) is 22.7. The lowest BCUT2D eigenvalue weighted by atomic mass is 9.99. The Morgan fingerprint density at radius 3 is 1.80 bits per heavy atom. The van der Waals surface area contributed by atoms with E-state index in [1.165, 1.54) is 27.5 Å². The van der Waals surface area contributed by atoms with Crippen LogP contribution in [0.5, 0.6) is 0 Å². The molecule has 2 aromatic heterocycles. The number of benzene rings is 6. The van der Waals surface area contributed by atoms with Crippen molar-refractivity contribution in [1.29, 1.82) is 0 Å². The monoisotopic (exact) mass is 589 g/mol. The summed E-state index contributed by atoms with van der Waals surface area (Å²) in [4.78, 5) is 18.6. The lowest BCUT2D eigenvalue weighted by Crippen LogP contribution is -2.01. The minimum atomic E-state index is 0.461. The third kappa shape index (κ3) is 4.70. The zero-order chi connectivity index (χ0) is 31.0. The van der Waals surface area contributed by atoms with E-state index in [1.54, 1.807) is 0 Å². The standard InChI is InChI=1S/C41H27N5/c1-27-13-9-10-18-32(27)30-21-24-38-34(25-30)33-19-11-12-20-37(33)46(38)31-22-23-36(42-2)35(26-31)41-44-39(28-14-5-3-6-15-28)43-40(45-41)29-16-7-4-8-17-29/h3-26H,1H3. The third-order valence-corrected chi connectivity index (χ3v) is 8.43. The topological polar surface area (TPSA) is 48.0 Å². The molecule has 0 atom stereocenters. The molecular weight excluding hydrogens is 562 g/mol. The van der Waals surface area contributed by atoms with Crippen LogP contribution in [-0.4, -0.2) is 19.5 Å². The summed E-state index contributed by atoms with van der Waals surface area (Å²) in [7, 11) is 0. The molecule has 5 heteroatoms. The smallest absolute Gasteiger partial charge is 0.198 e. The van der Waals surface area contributed by atoms with Gasteiger partial charge in [-0.1, -0.05) is 115 Å². The van der Waals surface area contributed by atoms with Crippen molar-refractivity contribution >= 4 is 27.5 Å². The van der Waals surface area contributed by atoms with Gasteiger partial charge in [-0.3, -0.25) is 0 Å². The van der Waals surface area contributed by atoms with Crippen molar-refractivity contribution in [1.82, 2.24) is 19.5 Å². The molecule has 0 bridgehead atoms. The van der Waals surface area contributed by atoms with Crippen LogP contribution in [-0.2, 0) is 0 Å². The maximum atomic E-state index is 8.05. The largest absolute Gasteiger partial charge is 0.309 e. The average Bonchev–Trinajstić information content (AvgIpc) is 3.46. The van der Waals surface area contributed by atoms with Crippen LogP contribution < -0.4 is 0 Å². The zero-order valence-corrected chi connectivity index (χ0v) is 25.1. The molecule has 216 valence electrons. The van der Waals surface area contributed by atoms with Gasteiger partial charge in [0.1, 0.15) is 0 Å². The van der Waals surface area contributed by atoms with Crippen molar-refractivity contribution in [3.8, 4) is 51.0 Å². The summed E-state index contributed by atoms with van der Waals surface area (Å²) >= 11 is 0. The van der Waals surface area contributed by atoms with Crippen LogP contribution in [0, 0.1) is 13.5 Å². The van der Waals surface area contributed by atoms with E-state index < -0.39 is 0 Å². The van der Waals surface area contributed by atoms with Gasteiger partial charge in [-0.2, -0.15) is 0 Å². The molecule has 0 N–H and O–H groups in total. The summed E-state index contributed by atoms with van der Waals surface area (Å²) in [5.41, 5.74) is 9.67. The van der Waals surface area contributed by atoms with Crippen LogP contribution in [0.3, 0.4) is 0 Å². The lowest BCUT2D eigenvalue weighted by Gasteiger charge is -2.13. The van der Waals surface area contributed by atoms with Crippen molar-refractivity contribution in [3.05, 3.63) is 163 Å². The Bertz CT molecular complexity index is 2380. The molecule has 46 heavy (non-hydrogen) atoms. The van der Waals surface area contributed by atoms with Gasteiger partial charge in [0.25, 0.3) is 0 Å². The van der Waals surface area contributed by atoms with Gasteiger partial charge >= 0.3 is 0 Å². The van der Waals surface area contributed by atoms with E-state index in [0.29, 0.717) is 28.7 Å². The number of fused-ring (bicyclic) bond motifs is 3. The summed E-state index contributed by atoms with van der Waals surface area (Å²) in [6.07, 6.45) is 0. The molecule has 0 radical (unpaired) electrons. The SMILES string of the molecule is [C-]#[N+]c1ccc(-n2c3ccccc3c3cc(-c4ccccc4C)ccc32)cc1-c1nc(-c2ccccc2)nc(-c2ccccc2)n1. The summed E-state index contributed by atoms with van der Waals surface area (Å²) in [6.45, 7) is 10.2. The fourth-order valence-electron chi connectivity index (χ4n) is 6.18. The Kier molecular flexibility index (Phi) is 6.67. The maximum absolute atomic E-state index is 8.05. The molecule has 0 saturated heterocycles. The highest BCUT2D eigenvalue weighted by atomic mass is 15.0. The first kappa shape index (κ1) is 27.2. The molecule has 8 rings (SSSR count). The van der Waals surface area contributed by atoms with Gasteiger partial charge in [0.05, 0.1) is 17.6 Å². The Balaban J connectivity index is 1.35. The number of rotatable bonds is 5. The molecule has 6 aromatic carbocycles. The van der Waals surface area contributed by atoms with Gasteiger partial charge in [-0.25, -0.2) is 19.8 Å². The summed E-state index contributed by atoms with van der Waals surface area (Å²) in [5, 5.41) is 2.34. The molecule has 0 fully saturated rings. The van der Waals surface area contributed by atoms with Crippen molar-refractivity contribution < 1.29 is 0 Å². The fraction of sp³-hybridized carbons (Fsp3) is 0.0244. The Labute approximate surface area is 266 Å². The molecule has 8 aromatic rings. The number of para-hydroxylation sites is 1. The van der Waals surface area contributed by atoms with E-state index >= 15 is 0 Å². The highest BCUT2D eigenvalue weighted by molar-refractivity contribution is 6.10. The molecule has 0 amide bonds. The highest BCUT2D eigenvalue weighted by Gasteiger charge is 2.18. The number of hydrogen-bond donors (Lipinski definition) is 0. The van der Waals surface area contributed by atoms with Crippen molar-refractivity contribution in [2.45, 2.75) is 6.92 Å². The van der Waals surface area contributed by atoms with Crippen LogP contribution in [0.2, 0.25) is 0 Å². The fourth-order valence-corrected chi connectivity index (χ4v) is 6.18. The Morgan fingerprint density at radius 2 is 1.11 bits per heavy atom. The minimum Gasteiger partial charge on any atom is -0.309 e. The van der Waals surface area contributed by atoms with Crippen molar-refractivity contribution in [3.63, 3.8) is 0 Å². The average molecular weight is 590 g/mol. The summed E-state index contributed by atoms with van der Waals surface area (Å²) in [5.74, 6) is 1.58. The van der Waals surface area contributed by atoms with Crippen LogP contribution in [0.1, 0.15) is 5.56 Å². The van der Waals surface area contributed by atoms with Crippen LogP contribution in [0.15, 0.2) is 146 Å². The second-order valence-corrected chi connectivity index (χ2v) is 11.3. The molecule has 5 nitrogen and oxygen atoms in total. The predicted octanol–water partition coefficient (Wildman–Crippen LogP) is 10.5. The van der Waals surface area contributed by atoms with E-state index in [2.05, 4.69) is 83.1 Å². The van der Waals surface area contributed by atoms with Gasteiger partial charge in [0.15, 0.2) is 23.2 Å². The van der Waals surface area contributed by atoms with E-state index in [0.717, 1.165) is 27.8 Å². The molecule has 2 heterocycles. The van der Waals surface area contributed by atoms with Crippen LogP contribution in [0.25, 0.3) is 77.6 Å². The minimum absolute atomic E-state index is 0.461. The second kappa shape index (κ2) is 11.3.